The number of nitrogens with zero attached hydrogens (tertiary/aromatic N) is 6. The Morgan fingerprint density at radius 2 is 1.79 bits per heavy atom. The van der Waals surface area contributed by atoms with Gasteiger partial charge in [-0.3, -0.25) is 9.67 Å². The molecule has 0 atom stereocenters. The molecule has 5 rings (SSSR count). The van der Waals surface area contributed by atoms with Crippen LogP contribution in [0.4, 0.5) is 11.4 Å². The molecule has 0 saturated heterocycles. The lowest BCUT2D eigenvalue weighted by Crippen LogP contribution is -2.16. The Kier molecular flexibility index (Phi) is 7.75. The molecule has 0 N–H and O–H groups in total. The normalized spacial score (nSPS) is 11.2. The Bertz CT molecular complexity index is 1510. The third-order valence-electron chi connectivity index (χ3n) is 5.93. The van der Waals surface area contributed by atoms with E-state index in [1.165, 1.54) is 12.0 Å². The van der Waals surface area contributed by atoms with Gasteiger partial charge in [-0.05, 0) is 37.2 Å². The Balaban J connectivity index is 1.52. The fraction of sp³-hybridized carbons (Fsp3) is 0.259. The van der Waals surface area contributed by atoms with E-state index in [1.54, 1.807) is 26.6 Å². The van der Waals surface area contributed by atoms with Crippen molar-refractivity contribution in [2.45, 2.75) is 20.0 Å². The van der Waals surface area contributed by atoms with E-state index in [0.717, 1.165) is 45.1 Å². The third-order valence-corrected chi connectivity index (χ3v) is 6.33. The van der Waals surface area contributed by atoms with Crippen molar-refractivity contribution in [2.24, 2.45) is 0 Å². The fourth-order valence-corrected chi connectivity index (χ4v) is 4.31. The third kappa shape index (κ3) is 5.74. The van der Waals surface area contributed by atoms with Gasteiger partial charge in [0.25, 0.3) is 0 Å². The summed E-state index contributed by atoms with van der Waals surface area (Å²) in [7, 11) is 3.27. The van der Waals surface area contributed by atoms with Gasteiger partial charge in [-0.1, -0.05) is 5.16 Å². The van der Waals surface area contributed by atoms with E-state index in [9.17, 15) is 0 Å². The maximum atomic E-state index is 5.55. The van der Waals surface area contributed by atoms with Crippen LogP contribution >= 0.6 is 12.0 Å². The number of rotatable bonds is 11. The van der Waals surface area contributed by atoms with Gasteiger partial charge in [-0.2, -0.15) is 5.10 Å². The summed E-state index contributed by atoms with van der Waals surface area (Å²) in [6, 6.07) is 13.6. The topological polar surface area (TPSA) is 101 Å². The average molecular weight is 533 g/mol. The minimum Gasteiger partial charge on any atom is -0.497 e. The number of methoxy groups -OCH3 is 2. The Morgan fingerprint density at radius 3 is 2.50 bits per heavy atom. The number of hydrogen-bond acceptors (Lipinski definition) is 10. The lowest BCUT2D eigenvalue weighted by molar-refractivity contribution is 0.339. The molecule has 38 heavy (non-hydrogen) atoms. The molecule has 0 radical (unpaired) electrons. The van der Waals surface area contributed by atoms with Gasteiger partial charge < -0.3 is 23.1 Å². The van der Waals surface area contributed by atoms with Gasteiger partial charge in [0.2, 0.25) is 0 Å². The predicted octanol–water partition coefficient (Wildman–Crippen LogP) is 5.44. The molecule has 0 aliphatic rings. The zero-order valence-corrected chi connectivity index (χ0v) is 22.4. The van der Waals surface area contributed by atoms with Crippen LogP contribution in [0.5, 0.6) is 11.5 Å². The van der Waals surface area contributed by atoms with Gasteiger partial charge >= 0.3 is 0 Å². The second-order valence-corrected chi connectivity index (χ2v) is 9.07. The number of hydrogen-bond donors (Lipinski definition) is 0. The molecular weight excluding hydrogens is 504 g/mol. The standard InChI is InChI=1S/C27H28N6O4S/c1-18-9-24(37-31-18)17-33(21-10-22(34-2)13-23(11-21)35-3)20-5-6-25-26(12-20)30-27(15-28-25)19-14-29-32(16-19)7-8-36-38-4/h5-6,9-16H,7-8,17H2,1-4H3. The molecule has 0 bridgehead atoms. The van der Waals surface area contributed by atoms with Crippen LogP contribution in [0.25, 0.3) is 22.3 Å². The number of aryl methyl sites for hydroxylation is 1. The first-order valence-electron chi connectivity index (χ1n) is 11.9. The Morgan fingerprint density at radius 1 is 0.974 bits per heavy atom. The molecule has 0 unspecified atom stereocenters. The number of benzene rings is 2. The van der Waals surface area contributed by atoms with Crippen molar-refractivity contribution in [3.05, 3.63) is 72.5 Å². The van der Waals surface area contributed by atoms with Crippen LogP contribution in [-0.4, -0.2) is 52.0 Å². The molecule has 10 nitrogen and oxygen atoms in total. The number of aromatic nitrogens is 5. The Hall–Kier alpha value is -4.09. The summed E-state index contributed by atoms with van der Waals surface area (Å²) in [5, 5.41) is 8.48. The second-order valence-electron chi connectivity index (χ2n) is 8.50. The molecule has 0 spiro atoms. The number of anilines is 2. The maximum Gasteiger partial charge on any atom is 0.156 e. The minimum absolute atomic E-state index is 0.445. The zero-order chi connectivity index (χ0) is 26.5. The van der Waals surface area contributed by atoms with E-state index in [1.807, 2.05) is 66.5 Å². The van der Waals surface area contributed by atoms with Crippen LogP contribution in [0.15, 0.2) is 65.6 Å². The summed E-state index contributed by atoms with van der Waals surface area (Å²) < 4.78 is 23.8. The van der Waals surface area contributed by atoms with Crippen LogP contribution in [0.3, 0.4) is 0 Å². The molecular formula is C27H28N6O4S. The van der Waals surface area contributed by atoms with Gasteiger partial charge in [0.1, 0.15) is 11.5 Å². The van der Waals surface area contributed by atoms with E-state index in [-0.39, 0.29) is 0 Å². The van der Waals surface area contributed by atoms with Crippen molar-refractivity contribution < 1.29 is 18.2 Å². The monoisotopic (exact) mass is 532 g/mol. The smallest absolute Gasteiger partial charge is 0.156 e. The summed E-state index contributed by atoms with van der Waals surface area (Å²) in [5.41, 5.74) is 5.76. The number of fused-ring (bicyclic) bond motifs is 1. The van der Waals surface area contributed by atoms with Crippen molar-refractivity contribution in [3.63, 3.8) is 0 Å². The van der Waals surface area contributed by atoms with Gasteiger partial charge in [0.05, 0.1) is 68.7 Å². The maximum absolute atomic E-state index is 5.55. The van der Waals surface area contributed by atoms with E-state index in [2.05, 4.69) is 20.1 Å². The molecule has 0 aliphatic heterocycles. The number of ether oxygens (including phenoxy) is 2. The van der Waals surface area contributed by atoms with Crippen molar-refractivity contribution in [3.8, 4) is 22.8 Å². The molecule has 0 amide bonds. The lowest BCUT2D eigenvalue weighted by Gasteiger charge is -2.25. The van der Waals surface area contributed by atoms with Crippen LogP contribution in [-0.2, 0) is 17.3 Å². The first-order chi connectivity index (χ1) is 18.6. The van der Waals surface area contributed by atoms with Crippen molar-refractivity contribution in [1.82, 2.24) is 24.9 Å². The molecule has 2 aromatic carbocycles. The highest BCUT2D eigenvalue weighted by Crippen LogP contribution is 2.35. The van der Waals surface area contributed by atoms with E-state index < -0.39 is 0 Å². The highest BCUT2D eigenvalue weighted by molar-refractivity contribution is 7.93. The molecule has 0 aliphatic carbocycles. The van der Waals surface area contributed by atoms with Crippen LogP contribution < -0.4 is 14.4 Å². The van der Waals surface area contributed by atoms with Gasteiger partial charge in [-0.25, -0.2) is 4.98 Å². The Labute approximate surface area is 224 Å². The van der Waals surface area contributed by atoms with Crippen LogP contribution in [0.1, 0.15) is 11.5 Å². The summed E-state index contributed by atoms with van der Waals surface area (Å²) >= 11 is 1.34. The summed E-state index contributed by atoms with van der Waals surface area (Å²) in [6.07, 6.45) is 7.40. The average Bonchev–Trinajstić information content (AvgIpc) is 3.59. The first kappa shape index (κ1) is 25.6. The van der Waals surface area contributed by atoms with E-state index >= 15 is 0 Å². The second kappa shape index (κ2) is 11.5. The van der Waals surface area contributed by atoms with Gasteiger partial charge in [0, 0.05) is 53.7 Å². The first-order valence-corrected chi connectivity index (χ1v) is 13.1. The SMILES string of the molecule is COc1cc(OC)cc(N(Cc2cc(C)no2)c2ccc3ncc(-c4cnn(CCOSC)c4)nc3c2)c1. The molecule has 11 heteroatoms. The van der Waals surface area contributed by atoms with Gasteiger partial charge in [0.15, 0.2) is 5.76 Å². The summed E-state index contributed by atoms with van der Waals surface area (Å²) in [4.78, 5) is 11.7. The van der Waals surface area contributed by atoms with Crippen LogP contribution in [0.2, 0.25) is 0 Å². The fourth-order valence-electron chi connectivity index (χ4n) is 4.07. The molecule has 0 saturated carbocycles. The zero-order valence-electron chi connectivity index (χ0n) is 21.6. The molecule has 196 valence electrons. The molecule has 0 fully saturated rings. The summed E-state index contributed by atoms with van der Waals surface area (Å²) in [6.45, 7) is 3.58. The predicted molar refractivity (Wildman–Crippen MR) is 147 cm³/mol. The molecule has 3 heterocycles. The highest BCUT2D eigenvalue weighted by atomic mass is 32.2. The van der Waals surface area contributed by atoms with Crippen molar-refractivity contribution >= 4 is 34.5 Å². The van der Waals surface area contributed by atoms with E-state index in [4.69, 9.17) is 23.2 Å². The van der Waals surface area contributed by atoms with E-state index in [0.29, 0.717) is 31.2 Å². The van der Waals surface area contributed by atoms with Crippen molar-refractivity contribution in [1.29, 1.82) is 0 Å². The summed E-state index contributed by atoms with van der Waals surface area (Å²) in [5.74, 6) is 2.09. The van der Waals surface area contributed by atoms with Crippen molar-refractivity contribution in [2.75, 3.05) is 32.0 Å². The lowest BCUT2D eigenvalue weighted by atomic mass is 10.1. The largest absolute Gasteiger partial charge is 0.497 e. The van der Waals surface area contributed by atoms with Gasteiger partial charge in [-0.15, -0.1) is 0 Å². The molecule has 3 aromatic heterocycles. The quantitative estimate of drug-likeness (QED) is 0.161. The minimum atomic E-state index is 0.445. The van der Waals surface area contributed by atoms with Crippen LogP contribution in [0, 0.1) is 6.92 Å². The molecule has 5 aromatic rings. The highest BCUT2D eigenvalue weighted by Gasteiger charge is 2.17.